The highest BCUT2D eigenvalue weighted by molar-refractivity contribution is 5.32. The van der Waals surface area contributed by atoms with Gasteiger partial charge in [-0.25, -0.2) is 4.98 Å². The second kappa shape index (κ2) is 6.84. The molecular weight excluding hydrogens is 240 g/mol. The molecule has 0 bridgehead atoms. The van der Waals surface area contributed by atoms with E-state index in [1.807, 2.05) is 12.1 Å². The Balaban J connectivity index is 2.02. The first kappa shape index (κ1) is 14.2. The number of pyridine rings is 1. The number of hydrogen-bond donors (Lipinski definition) is 2. The summed E-state index contributed by atoms with van der Waals surface area (Å²) in [6.07, 6.45) is 2.91. The number of rotatable bonds is 5. The Hall–Kier alpha value is -1.17. The van der Waals surface area contributed by atoms with Crippen LogP contribution in [0.5, 0.6) is 0 Å². The van der Waals surface area contributed by atoms with Gasteiger partial charge in [-0.2, -0.15) is 0 Å². The van der Waals surface area contributed by atoms with Crippen LogP contribution in [0.3, 0.4) is 0 Å². The Morgan fingerprint density at radius 2 is 2.47 bits per heavy atom. The van der Waals surface area contributed by atoms with Gasteiger partial charge < -0.3 is 20.7 Å². The summed E-state index contributed by atoms with van der Waals surface area (Å²) in [6, 6.07) is 4.28. The van der Waals surface area contributed by atoms with Crippen molar-refractivity contribution in [2.75, 3.05) is 39.0 Å². The van der Waals surface area contributed by atoms with Crippen LogP contribution in [-0.4, -0.2) is 55.3 Å². The lowest BCUT2D eigenvalue weighted by molar-refractivity contribution is -0.0381. The zero-order valence-corrected chi connectivity index (χ0v) is 11.8. The third kappa shape index (κ3) is 4.16. The van der Waals surface area contributed by atoms with Crippen LogP contribution >= 0.6 is 0 Å². The van der Waals surface area contributed by atoms with Gasteiger partial charge in [-0.1, -0.05) is 6.92 Å². The van der Waals surface area contributed by atoms with Crippen molar-refractivity contribution in [2.45, 2.75) is 25.5 Å². The maximum Gasteiger partial charge on any atom is 0.123 e. The number of likely N-dealkylation sites (N-methyl/N-ethyl adjacent to an activating group) is 2. The maximum absolute atomic E-state index is 5.91. The Bertz CT molecular complexity index is 399. The van der Waals surface area contributed by atoms with E-state index >= 15 is 0 Å². The van der Waals surface area contributed by atoms with E-state index in [0.29, 0.717) is 11.9 Å². The molecule has 1 fully saturated rings. The molecular formula is C14H24N4O. The van der Waals surface area contributed by atoms with Crippen molar-refractivity contribution < 1.29 is 4.74 Å². The summed E-state index contributed by atoms with van der Waals surface area (Å²) < 4.78 is 5.91. The van der Waals surface area contributed by atoms with E-state index in [1.165, 1.54) is 5.56 Å². The van der Waals surface area contributed by atoms with Crippen LogP contribution < -0.4 is 11.1 Å². The number of anilines is 1. The minimum Gasteiger partial charge on any atom is -0.384 e. The summed E-state index contributed by atoms with van der Waals surface area (Å²) in [5.74, 6) is 0.578. The topological polar surface area (TPSA) is 63.4 Å². The Kier molecular flexibility index (Phi) is 5.13. The molecule has 0 aromatic carbocycles. The van der Waals surface area contributed by atoms with Gasteiger partial charge in [0.15, 0.2) is 0 Å². The fourth-order valence-corrected chi connectivity index (χ4v) is 2.53. The number of nitrogen functional groups attached to an aromatic ring is 1. The predicted octanol–water partition coefficient (Wildman–Crippen LogP) is 0.515. The molecule has 1 aromatic rings. The summed E-state index contributed by atoms with van der Waals surface area (Å²) >= 11 is 0. The number of hydrogen-bond acceptors (Lipinski definition) is 5. The molecule has 0 saturated carbocycles. The third-order valence-corrected chi connectivity index (χ3v) is 3.51. The summed E-state index contributed by atoms with van der Waals surface area (Å²) in [5, 5.41) is 3.53. The fourth-order valence-electron chi connectivity index (χ4n) is 2.53. The number of nitrogens with two attached hydrogens (primary N) is 1. The zero-order valence-electron chi connectivity index (χ0n) is 11.8. The van der Waals surface area contributed by atoms with Gasteiger partial charge in [-0.3, -0.25) is 0 Å². The van der Waals surface area contributed by atoms with Crippen LogP contribution in [-0.2, 0) is 11.2 Å². The van der Waals surface area contributed by atoms with Gasteiger partial charge in [0, 0.05) is 25.3 Å². The number of nitrogens with zero attached hydrogens (tertiary/aromatic N) is 2. The minimum atomic E-state index is 0.230. The Morgan fingerprint density at radius 3 is 3.16 bits per heavy atom. The third-order valence-electron chi connectivity index (χ3n) is 3.51. The second-order valence-corrected chi connectivity index (χ2v) is 5.13. The summed E-state index contributed by atoms with van der Waals surface area (Å²) in [7, 11) is 2.14. The Morgan fingerprint density at radius 1 is 1.63 bits per heavy atom. The molecule has 5 heteroatoms. The molecule has 1 saturated heterocycles. The van der Waals surface area contributed by atoms with Crippen molar-refractivity contribution in [2.24, 2.45) is 0 Å². The molecule has 2 heterocycles. The lowest BCUT2D eigenvalue weighted by Gasteiger charge is -2.35. The van der Waals surface area contributed by atoms with E-state index in [-0.39, 0.29) is 6.10 Å². The van der Waals surface area contributed by atoms with E-state index in [1.54, 1.807) is 6.20 Å². The van der Waals surface area contributed by atoms with Gasteiger partial charge in [0.2, 0.25) is 0 Å². The standard InChI is InChI=1S/C14H24N4O/c1-3-16-12(13-10-18(2)6-7-19-13)8-11-4-5-17-14(15)9-11/h4-5,9,12-13,16H,3,6-8,10H2,1-2H3,(H2,15,17). The van der Waals surface area contributed by atoms with Gasteiger partial charge in [0.1, 0.15) is 5.82 Å². The van der Waals surface area contributed by atoms with E-state index < -0.39 is 0 Å². The van der Waals surface area contributed by atoms with Crippen LogP contribution in [0.2, 0.25) is 0 Å². The molecule has 19 heavy (non-hydrogen) atoms. The SMILES string of the molecule is CCNC(Cc1ccnc(N)c1)C1CN(C)CCO1. The van der Waals surface area contributed by atoms with Gasteiger partial charge in [-0.15, -0.1) is 0 Å². The average molecular weight is 264 g/mol. The molecule has 0 spiro atoms. The highest BCUT2D eigenvalue weighted by Crippen LogP contribution is 2.13. The van der Waals surface area contributed by atoms with Crippen molar-refractivity contribution in [1.82, 2.24) is 15.2 Å². The molecule has 0 aliphatic carbocycles. The molecule has 2 atom stereocenters. The average Bonchev–Trinajstić information content (AvgIpc) is 2.38. The molecule has 0 radical (unpaired) electrons. The summed E-state index contributed by atoms with van der Waals surface area (Å²) in [6.45, 7) is 5.85. The monoisotopic (exact) mass is 264 g/mol. The lowest BCUT2D eigenvalue weighted by atomic mass is 10.0. The van der Waals surface area contributed by atoms with Gasteiger partial charge in [-0.05, 0) is 37.7 Å². The maximum atomic E-state index is 5.91. The minimum absolute atomic E-state index is 0.230. The van der Waals surface area contributed by atoms with E-state index in [4.69, 9.17) is 10.5 Å². The van der Waals surface area contributed by atoms with Crippen LogP contribution in [0.25, 0.3) is 0 Å². The largest absolute Gasteiger partial charge is 0.384 e. The van der Waals surface area contributed by atoms with Crippen molar-refractivity contribution in [3.05, 3.63) is 23.9 Å². The first-order chi connectivity index (χ1) is 9.19. The first-order valence-corrected chi connectivity index (χ1v) is 6.93. The van der Waals surface area contributed by atoms with Gasteiger partial charge >= 0.3 is 0 Å². The van der Waals surface area contributed by atoms with E-state index in [9.17, 15) is 0 Å². The number of morpholine rings is 1. The molecule has 0 amide bonds. The van der Waals surface area contributed by atoms with Crippen LogP contribution in [0, 0.1) is 0 Å². The van der Waals surface area contributed by atoms with E-state index in [0.717, 1.165) is 32.7 Å². The highest BCUT2D eigenvalue weighted by Gasteiger charge is 2.26. The van der Waals surface area contributed by atoms with Crippen molar-refractivity contribution in [1.29, 1.82) is 0 Å². The predicted molar refractivity (Wildman–Crippen MR) is 77.1 cm³/mol. The van der Waals surface area contributed by atoms with Crippen LogP contribution in [0.1, 0.15) is 12.5 Å². The molecule has 5 nitrogen and oxygen atoms in total. The fraction of sp³-hybridized carbons (Fsp3) is 0.643. The highest BCUT2D eigenvalue weighted by atomic mass is 16.5. The van der Waals surface area contributed by atoms with Crippen LogP contribution in [0.15, 0.2) is 18.3 Å². The van der Waals surface area contributed by atoms with Crippen molar-refractivity contribution in [3.63, 3.8) is 0 Å². The van der Waals surface area contributed by atoms with Crippen LogP contribution in [0.4, 0.5) is 5.82 Å². The van der Waals surface area contributed by atoms with Crippen molar-refractivity contribution in [3.8, 4) is 0 Å². The Labute approximate surface area is 115 Å². The smallest absolute Gasteiger partial charge is 0.123 e. The summed E-state index contributed by atoms with van der Waals surface area (Å²) in [4.78, 5) is 6.35. The molecule has 1 aliphatic rings. The quantitative estimate of drug-likeness (QED) is 0.811. The number of aromatic nitrogens is 1. The zero-order chi connectivity index (χ0) is 13.7. The van der Waals surface area contributed by atoms with Gasteiger partial charge in [0.25, 0.3) is 0 Å². The second-order valence-electron chi connectivity index (χ2n) is 5.13. The molecule has 2 rings (SSSR count). The molecule has 106 valence electrons. The van der Waals surface area contributed by atoms with E-state index in [2.05, 4.69) is 29.2 Å². The molecule has 1 aliphatic heterocycles. The number of ether oxygens (including phenoxy) is 1. The lowest BCUT2D eigenvalue weighted by Crippen LogP contribution is -2.52. The van der Waals surface area contributed by atoms with Gasteiger partial charge in [0.05, 0.1) is 12.7 Å². The van der Waals surface area contributed by atoms with Crippen molar-refractivity contribution >= 4 is 5.82 Å². The molecule has 3 N–H and O–H groups in total. The molecule has 1 aromatic heterocycles. The molecule has 2 unspecified atom stereocenters. The normalized spacial score (nSPS) is 22.3. The number of nitrogens with one attached hydrogen (secondary N) is 1. The first-order valence-electron chi connectivity index (χ1n) is 6.93. The summed E-state index contributed by atoms with van der Waals surface area (Å²) in [5.41, 5.74) is 6.94.